The number of benzene rings is 2. The summed E-state index contributed by atoms with van der Waals surface area (Å²) in [6.45, 7) is 4.87. The van der Waals surface area contributed by atoms with E-state index in [4.69, 9.17) is 10.5 Å². The van der Waals surface area contributed by atoms with Gasteiger partial charge in [0.25, 0.3) is 0 Å². The summed E-state index contributed by atoms with van der Waals surface area (Å²) < 4.78 is 34.8. The molecule has 0 heterocycles. The topological polar surface area (TPSA) is 72.5 Å². The van der Waals surface area contributed by atoms with Crippen LogP contribution in [0.1, 0.15) is 30.0 Å². The van der Waals surface area contributed by atoms with Gasteiger partial charge in [0.05, 0.1) is 18.6 Å². The van der Waals surface area contributed by atoms with E-state index in [2.05, 4.69) is 12.6 Å². The first-order valence-corrected chi connectivity index (χ1v) is 8.49. The van der Waals surface area contributed by atoms with Gasteiger partial charge in [-0.3, -0.25) is 4.79 Å². The molecule has 2 rings (SSSR count). The third-order valence-corrected chi connectivity index (χ3v) is 4.44. The molecule has 7 heteroatoms. The monoisotopic (exact) mass is 381 g/mol. The second-order valence-corrected chi connectivity index (χ2v) is 6.92. The largest absolute Gasteiger partial charge is 0.507 e. The van der Waals surface area contributed by atoms with E-state index >= 15 is 4.39 Å². The number of ether oxygens (including phenoxy) is 1. The molecule has 0 bridgehead atoms. The maximum atomic E-state index is 15.3. The van der Waals surface area contributed by atoms with E-state index in [0.29, 0.717) is 5.56 Å². The average Bonchev–Trinajstić information content (AvgIpc) is 2.51. The van der Waals surface area contributed by atoms with Crippen molar-refractivity contribution in [3.63, 3.8) is 0 Å². The Labute approximate surface area is 156 Å². The fraction of sp³-hybridized carbons (Fsp3) is 0.316. The van der Waals surface area contributed by atoms with Crippen molar-refractivity contribution in [1.82, 2.24) is 0 Å². The van der Waals surface area contributed by atoms with Crippen molar-refractivity contribution in [3.8, 4) is 16.9 Å². The summed E-state index contributed by atoms with van der Waals surface area (Å²) in [6.07, 6.45) is -0.513. The predicted octanol–water partition coefficient (Wildman–Crippen LogP) is 3.95. The lowest BCUT2D eigenvalue weighted by atomic mass is 9.91. The van der Waals surface area contributed by atoms with Gasteiger partial charge < -0.3 is 15.6 Å². The van der Waals surface area contributed by atoms with Crippen molar-refractivity contribution >= 4 is 18.6 Å². The van der Waals surface area contributed by atoms with Gasteiger partial charge in [0, 0.05) is 11.1 Å². The van der Waals surface area contributed by atoms with Crippen LogP contribution in [0, 0.1) is 25.5 Å². The van der Waals surface area contributed by atoms with E-state index in [1.807, 2.05) is 0 Å². The van der Waals surface area contributed by atoms with Gasteiger partial charge in [-0.25, -0.2) is 8.78 Å². The molecule has 4 nitrogen and oxygen atoms in total. The first-order chi connectivity index (χ1) is 12.1. The third kappa shape index (κ3) is 3.83. The molecule has 2 aromatic rings. The maximum absolute atomic E-state index is 15.3. The number of esters is 1. The number of carbonyl (C=O) groups is 1. The molecular weight excluding hydrogens is 360 g/mol. The summed E-state index contributed by atoms with van der Waals surface area (Å²) >= 11 is 4.14. The lowest BCUT2D eigenvalue weighted by Crippen LogP contribution is -2.36. The van der Waals surface area contributed by atoms with Gasteiger partial charge in [0.2, 0.25) is 0 Å². The summed E-state index contributed by atoms with van der Waals surface area (Å²) in [6, 6.07) is 6.03. The Hall–Kier alpha value is -2.12. The molecule has 0 aromatic heterocycles. The van der Waals surface area contributed by atoms with Gasteiger partial charge in [0.1, 0.15) is 22.3 Å². The molecule has 0 amide bonds. The van der Waals surface area contributed by atoms with E-state index in [0.717, 1.165) is 0 Å². The minimum absolute atomic E-state index is 0.0118. The minimum atomic E-state index is -1.92. The first kappa shape index (κ1) is 20.2. The highest BCUT2D eigenvalue weighted by Gasteiger charge is 2.35. The SMILES string of the molecule is CCOC(=O)C[C@](N)(S)c1c(F)c(C)cc(-c2c(C)cccc2O)c1F. The van der Waals surface area contributed by atoms with Crippen LogP contribution >= 0.6 is 12.6 Å². The minimum Gasteiger partial charge on any atom is -0.507 e. The van der Waals surface area contributed by atoms with Crippen LogP contribution in [0.2, 0.25) is 0 Å². The van der Waals surface area contributed by atoms with Gasteiger partial charge in [-0.2, -0.15) is 12.6 Å². The molecular formula is C19H21F2NO3S. The van der Waals surface area contributed by atoms with Gasteiger partial charge in [-0.15, -0.1) is 0 Å². The van der Waals surface area contributed by atoms with Crippen molar-refractivity contribution in [2.45, 2.75) is 32.1 Å². The van der Waals surface area contributed by atoms with Crippen molar-refractivity contribution in [2.24, 2.45) is 5.73 Å². The number of aryl methyl sites for hydroxylation is 2. The highest BCUT2D eigenvalue weighted by molar-refractivity contribution is 7.81. The van der Waals surface area contributed by atoms with E-state index in [-0.39, 0.29) is 29.0 Å². The van der Waals surface area contributed by atoms with E-state index < -0.39 is 34.5 Å². The molecule has 0 radical (unpaired) electrons. The summed E-state index contributed by atoms with van der Waals surface area (Å²) in [7, 11) is 0. The Morgan fingerprint density at radius 1 is 1.27 bits per heavy atom. The van der Waals surface area contributed by atoms with Gasteiger partial charge in [-0.1, -0.05) is 12.1 Å². The Morgan fingerprint density at radius 2 is 1.92 bits per heavy atom. The highest BCUT2D eigenvalue weighted by Crippen LogP contribution is 2.41. The quantitative estimate of drug-likeness (QED) is 0.417. The number of aromatic hydroxyl groups is 1. The Balaban J connectivity index is 2.69. The van der Waals surface area contributed by atoms with Crippen LogP contribution in [0.25, 0.3) is 11.1 Å². The number of hydrogen-bond donors (Lipinski definition) is 3. The molecule has 0 aliphatic rings. The number of nitrogens with two attached hydrogens (primary N) is 1. The molecule has 2 aromatic carbocycles. The number of carbonyl (C=O) groups excluding carboxylic acids is 1. The zero-order chi connectivity index (χ0) is 19.6. The standard InChI is InChI=1S/C19H21F2NO3S/c1-4-25-14(24)9-19(22,26)16-17(20)11(3)8-12(18(16)21)15-10(2)6-5-7-13(15)23/h5-8,23,26H,4,9,22H2,1-3H3/t19-/m0/s1. The van der Waals surface area contributed by atoms with Crippen molar-refractivity contribution in [1.29, 1.82) is 0 Å². The second-order valence-electron chi connectivity index (χ2n) is 6.12. The number of rotatable bonds is 5. The zero-order valence-electron chi connectivity index (χ0n) is 14.8. The van der Waals surface area contributed by atoms with Crippen LogP contribution in [0.15, 0.2) is 24.3 Å². The molecule has 0 aliphatic carbocycles. The predicted molar refractivity (Wildman–Crippen MR) is 99.0 cm³/mol. The van der Waals surface area contributed by atoms with Gasteiger partial charge in [-0.05, 0) is 44.0 Å². The molecule has 0 saturated heterocycles. The molecule has 0 fully saturated rings. The fourth-order valence-corrected chi connectivity index (χ4v) is 3.18. The number of halogens is 2. The number of phenols is 1. The summed E-state index contributed by atoms with van der Waals surface area (Å²) in [5.74, 6) is -2.72. The highest BCUT2D eigenvalue weighted by atomic mass is 32.1. The first-order valence-electron chi connectivity index (χ1n) is 8.05. The zero-order valence-corrected chi connectivity index (χ0v) is 15.7. The smallest absolute Gasteiger partial charge is 0.308 e. The Kier molecular flexibility index (Phi) is 5.93. The van der Waals surface area contributed by atoms with Crippen LogP contribution in [0.4, 0.5) is 8.78 Å². The van der Waals surface area contributed by atoms with Crippen molar-refractivity contribution in [2.75, 3.05) is 6.61 Å². The van der Waals surface area contributed by atoms with Gasteiger partial charge >= 0.3 is 5.97 Å². The van der Waals surface area contributed by atoms with Crippen LogP contribution in [0.5, 0.6) is 5.75 Å². The average molecular weight is 381 g/mol. The summed E-state index contributed by atoms with van der Waals surface area (Å²) in [5, 5.41) is 10.2. The van der Waals surface area contributed by atoms with Crippen LogP contribution in [0.3, 0.4) is 0 Å². The fourth-order valence-electron chi connectivity index (χ4n) is 2.86. The van der Waals surface area contributed by atoms with Gasteiger partial charge in [0.15, 0.2) is 0 Å². The summed E-state index contributed by atoms with van der Waals surface area (Å²) in [5.41, 5.74) is 6.39. The Morgan fingerprint density at radius 3 is 2.50 bits per heavy atom. The van der Waals surface area contributed by atoms with Crippen molar-refractivity contribution < 1.29 is 23.4 Å². The molecule has 0 unspecified atom stereocenters. The van der Waals surface area contributed by atoms with E-state index in [1.54, 1.807) is 26.0 Å². The van der Waals surface area contributed by atoms with E-state index in [1.165, 1.54) is 19.1 Å². The molecule has 0 spiro atoms. The lowest BCUT2D eigenvalue weighted by Gasteiger charge is -2.26. The summed E-state index contributed by atoms with van der Waals surface area (Å²) in [4.78, 5) is 9.85. The molecule has 0 saturated carbocycles. The molecule has 0 aliphatic heterocycles. The van der Waals surface area contributed by atoms with Crippen LogP contribution < -0.4 is 5.73 Å². The molecule has 26 heavy (non-hydrogen) atoms. The number of phenolic OH excluding ortho intramolecular Hbond substituents is 1. The Bertz CT molecular complexity index is 833. The molecule has 3 N–H and O–H groups in total. The molecule has 140 valence electrons. The number of thiol groups is 1. The molecule has 1 atom stereocenters. The maximum Gasteiger partial charge on any atom is 0.308 e. The number of hydrogen-bond acceptors (Lipinski definition) is 5. The van der Waals surface area contributed by atoms with E-state index in [9.17, 15) is 14.3 Å². The van der Waals surface area contributed by atoms with Crippen LogP contribution in [-0.2, 0) is 14.4 Å². The second kappa shape index (κ2) is 7.63. The lowest BCUT2D eigenvalue weighted by molar-refractivity contribution is -0.143. The normalized spacial score (nSPS) is 13.3. The van der Waals surface area contributed by atoms with Crippen molar-refractivity contribution in [3.05, 3.63) is 52.6 Å². The third-order valence-electron chi connectivity index (χ3n) is 4.05. The van der Waals surface area contributed by atoms with Crippen LogP contribution in [-0.4, -0.2) is 17.7 Å².